The predicted molar refractivity (Wildman–Crippen MR) is 118 cm³/mol. The minimum absolute atomic E-state index is 0.137. The van der Waals surface area contributed by atoms with Gasteiger partial charge in [-0.05, 0) is 36.6 Å². The highest BCUT2D eigenvalue weighted by molar-refractivity contribution is 7.18. The molecule has 0 aliphatic rings. The number of hydrogen-bond donors (Lipinski definition) is 1. The van der Waals surface area contributed by atoms with Gasteiger partial charge in [-0.15, -0.1) is 10.2 Å². The second-order valence-electron chi connectivity index (χ2n) is 6.81. The number of aldehydes is 1. The topological polar surface area (TPSA) is 72.0 Å². The number of aromatic nitrogens is 2. The van der Waals surface area contributed by atoms with E-state index in [4.69, 9.17) is 11.6 Å². The Labute approximate surface area is 179 Å². The maximum Gasteiger partial charge on any atom is 0.233 e. The summed E-state index contributed by atoms with van der Waals surface area (Å²) >= 11 is 7.65. The van der Waals surface area contributed by atoms with Crippen molar-refractivity contribution in [3.05, 3.63) is 64.2 Å². The molecular weight excluding hydrogens is 406 g/mol. The average Bonchev–Trinajstić information content (AvgIpc) is 3.17. The third-order valence-electron chi connectivity index (χ3n) is 4.72. The van der Waals surface area contributed by atoms with Crippen molar-refractivity contribution in [2.24, 2.45) is 0 Å². The molecule has 3 aromatic rings. The number of amides is 1. The molecule has 1 heterocycles. The van der Waals surface area contributed by atoms with Crippen molar-refractivity contribution in [1.29, 1.82) is 0 Å². The second-order valence-corrected chi connectivity index (χ2v) is 8.19. The number of carbonyl (C=O) groups excluding carboxylic acids is 2. The van der Waals surface area contributed by atoms with E-state index in [2.05, 4.69) is 22.4 Å². The van der Waals surface area contributed by atoms with Crippen molar-refractivity contribution in [3.63, 3.8) is 0 Å². The molecular formula is C22H22ClN3O2S. The Bertz CT molecular complexity index is 1020. The molecule has 5 nitrogen and oxygen atoms in total. The number of nitrogens with zero attached hydrogens (tertiary/aromatic N) is 2. The van der Waals surface area contributed by atoms with E-state index in [1.165, 1.54) is 11.3 Å². The number of nitrogens with one attached hydrogen (secondary N) is 1. The molecule has 0 bridgehead atoms. The summed E-state index contributed by atoms with van der Waals surface area (Å²) in [6.45, 7) is 4.01. The fraction of sp³-hybridized carbons (Fsp3) is 0.273. The summed E-state index contributed by atoms with van der Waals surface area (Å²) in [5.74, 6) is -0.480. The Morgan fingerprint density at radius 1 is 1.24 bits per heavy atom. The molecule has 150 valence electrons. The summed E-state index contributed by atoms with van der Waals surface area (Å²) in [4.78, 5) is 23.9. The summed E-state index contributed by atoms with van der Waals surface area (Å²) < 4.78 is 0. The van der Waals surface area contributed by atoms with Crippen LogP contribution in [0.4, 0.5) is 5.13 Å². The van der Waals surface area contributed by atoms with Crippen LogP contribution in [-0.2, 0) is 4.79 Å². The van der Waals surface area contributed by atoms with Crippen molar-refractivity contribution in [2.45, 2.75) is 39.0 Å². The fourth-order valence-electron chi connectivity index (χ4n) is 3.17. The SMILES string of the molecule is CCCCC(C(=O)Nc1nnc(-c2ccc(C=O)cc2C)s1)c1ccccc1Cl. The van der Waals surface area contributed by atoms with E-state index in [1.54, 1.807) is 18.2 Å². The number of anilines is 1. The minimum atomic E-state index is -0.343. The lowest BCUT2D eigenvalue weighted by Crippen LogP contribution is -2.21. The van der Waals surface area contributed by atoms with E-state index in [-0.39, 0.29) is 11.8 Å². The second kappa shape index (κ2) is 9.76. The van der Waals surface area contributed by atoms with E-state index < -0.39 is 0 Å². The molecule has 0 saturated carbocycles. The number of carbonyl (C=O) groups is 2. The minimum Gasteiger partial charge on any atom is -0.300 e. The van der Waals surface area contributed by atoms with Gasteiger partial charge >= 0.3 is 0 Å². The lowest BCUT2D eigenvalue weighted by molar-refractivity contribution is -0.117. The largest absolute Gasteiger partial charge is 0.300 e. The number of unbranched alkanes of at least 4 members (excludes halogenated alkanes) is 1. The molecule has 1 atom stereocenters. The summed E-state index contributed by atoms with van der Waals surface area (Å²) in [6, 6.07) is 12.8. The van der Waals surface area contributed by atoms with Crippen LogP contribution in [-0.4, -0.2) is 22.4 Å². The van der Waals surface area contributed by atoms with Crippen LogP contribution in [0.5, 0.6) is 0 Å². The normalized spacial score (nSPS) is 11.8. The number of halogens is 1. The van der Waals surface area contributed by atoms with Crippen LogP contribution < -0.4 is 5.32 Å². The average molecular weight is 428 g/mol. The van der Waals surface area contributed by atoms with Gasteiger partial charge in [-0.25, -0.2) is 0 Å². The molecule has 3 rings (SSSR count). The molecule has 0 aliphatic heterocycles. The first-order valence-electron chi connectivity index (χ1n) is 9.48. The van der Waals surface area contributed by atoms with E-state index in [0.29, 0.717) is 27.1 Å². The monoisotopic (exact) mass is 427 g/mol. The number of hydrogen-bond acceptors (Lipinski definition) is 5. The van der Waals surface area contributed by atoms with Gasteiger partial charge in [0.2, 0.25) is 11.0 Å². The lowest BCUT2D eigenvalue weighted by Gasteiger charge is -2.17. The van der Waals surface area contributed by atoms with Crippen molar-refractivity contribution < 1.29 is 9.59 Å². The zero-order valence-electron chi connectivity index (χ0n) is 16.3. The molecule has 1 unspecified atom stereocenters. The molecule has 0 saturated heterocycles. The summed E-state index contributed by atoms with van der Waals surface area (Å²) in [7, 11) is 0. The van der Waals surface area contributed by atoms with Crippen molar-refractivity contribution >= 4 is 40.3 Å². The van der Waals surface area contributed by atoms with Gasteiger partial charge in [0.1, 0.15) is 11.3 Å². The number of rotatable bonds is 8. The first-order valence-corrected chi connectivity index (χ1v) is 10.7. The summed E-state index contributed by atoms with van der Waals surface area (Å²) in [5, 5.41) is 13.0. The third-order valence-corrected chi connectivity index (χ3v) is 5.93. The molecule has 2 aromatic carbocycles. The molecule has 7 heteroatoms. The fourth-order valence-corrected chi connectivity index (χ4v) is 4.27. The molecule has 0 spiro atoms. The van der Waals surface area contributed by atoms with Crippen LogP contribution in [0.3, 0.4) is 0 Å². The highest BCUT2D eigenvalue weighted by Crippen LogP contribution is 2.32. The molecule has 0 radical (unpaired) electrons. The zero-order chi connectivity index (χ0) is 20.8. The van der Waals surface area contributed by atoms with Gasteiger partial charge in [-0.1, -0.05) is 73.0 Å². The van der Waals surface area contributed by atoms with E-state index >= 15 is 0 Å². The molecule has 1 N–H and O–H groups in total. The van der Waals surface area contributed by atoms with Gasteiger partial charge in [0.25, 0.3) is 0 Å². The number of benzene rings is 2. The van der Waals surface area contributed by atoms with Crippen LogP contribution in [0.1, 0.15) is 53.6 Å². The van der Waals surface area contributed by atoms with Gasteiger partial charge < -0.3 is 0 Å². The third kappa shape index (κ3) is 5.08. The molecule has 0 fully saturated rings. The smallest absolute Gasteiger partial charge is 0.233 e. The Kier molecular flexibility index (Phi) is 7.12. The zero-order valence-corrected chi connectivity index (χ0v) is 17.9. The lowest BCUT2D eigenvalue weighted by atomic mass is 9.92. The Morgan fingerprint density at radius 2 is 2.03 bits per heavy atom. The van der Waals surface area contributed by atoms with E-state index in [1.807, 2.05) is 31.2 Å². The maximum atomic E-state index is 13.0. The number of aryl methyl sites for hydroxylation is 1. The van der Waals surface area contributed by atoms with Gasteiger partial charge in [0.15, 0.2) is 0 Å². The first-order chi connectivity index (χ1) is 14.0. The molecule has 1 aromatic heterocycles. The maximum absolute atomic E-state index is 13.0. The van der Waals surface area contributed by atoms with Crippen molar-refractivity contribution in [2.75, 3.05) is 5.32 Å². The summed E-state index contributed by atoms with van der Waals surface area (Å²) in [6.07, 6.45) is 3.44. The van der Waals surface area contributed by atoms with Crippen molar-refractivity contribution in [1.82, 2.24) is 10.2 Å². The summed E-state index contributed by atoms with van der Waals surface area (Å²) in [5.41, 5.74) is 3.26. The Morgan fingerprint density at radius 3 is 2.72 bits per heavy atom. The molecule has 1 amide bonds. The highest BCUT2D eigenvalue weighted by Gasteiger charge is 2.23. The van der Waals surface area contributed by atoms with Gasteiger partial charge in [0.05, 0.1) is 5.92 Å². The predicted octanol–water partition coefficient (Wildman–Crippen LogP) is 5.89. The standard InChI is InChI=1S/C22H22ClN3O2S/c1-3-4-7-18(17-8-5-6-9-19(17)23)20(28)24-22-26-25-21(29-22)16-11-10-15(13-27)12-14(16)2/h5-6,8-13,18H,3-4,7H2,1-2H3,(H,24,26,28). The Hall–Kier alpha value is -2.57. The molecule has 0 aliphatic carbocycles. The Balaban J connectivity index is 1.80. The first kappa shape index (κ1) is 21.1. The van der Waals surface area contributed by atoms with Gasteiger partial charge in [-0.3, -0.25) is 14.9 Å². The molecule has 29 heavy (non-hydrogen) atoms. The highest BCUT2D eigenvalue weighted by atomic mass is 35.5. The van der Waals surface area contributed by atoms with Crippen LogP contribution in [0.2, 0.25) is 5.02 Å². The van der Waals surface area contributed by atoms with Gasteiger partial charge in [-0.2, -0.15) is 0 Å². The van der Waals surface area contributed by atoms with Crippen LogP contribution >= 0.6 is 22.9 Å². The van der Waals surface area contributed by atoms with Crippen molar-refractivity contribution in [3.8, 4) is 10.6 Å². The van der Waals surface area contributed by atoms with Gasteiger partial charge in [0, 0.05) is 16.1 Å². The quantitative estimate of drug-likeness (QED) is 0.455. The van der Waals surface area contributed by atoms with Crippen LogP contribution in [0.15, 0.2) is 42.5 Å². The van der Waals surface area contributed by atoms with E-state index in [9.17, 15) is 9.59 Å². The van der Waals surface area contributed by atoms with E-state index in [0.717, 1.165) is 35.8 Å². The van der Waals surface area contributed by atoms with Crippen LogP contribution in [0.25, 0.3) is 10.6 Å². The van der Waals surface area contributed by atoms with Crippen LogP contribution in [0, 0.1) is 6.92 Å².